The minimum absolute atomic E-state index is 0.244. The van der Waals surface area contributed by atoms with Gasteiger partial charge in [-0.25, -0.2) is 4.68 Å². The zero-order valence-electron chi connectivity index (χ0n) is 8.94. The number of nitriles is 1. The Bertz CT molecular complexity index is 622. The summed E-state index contributed by atoms with van der Waals surface area (Å²) in [5, 5.41) is 12.6. The zero-order valence-corrected chi connectivity index (χ0v) is 8.94. The van der Waals surface area contributed by atoms with Crippen LogP contribution >= 0.6 is 0 Å². The Morgan fingerprint density at radius 1 is 1.28 bits per heavy atom. The van der Waals surface area contributed by atoms with Crippen molar-refractivity contribution in [3.05, 3.63) is 41.6 Å². The van der Waals surface area contributed by atoms with E-state index < -0.39 is 17.3 Å². The van der Waals surface area contributed by atoms with Crippen LogP contribution in [0.15, 0.2) is 30.5 Å². The van der Waals surface area contributed by atoms with Gasteiger partial charge >= 0.3 is 6.18 Å². The van der Waals surface area contributed by atoms with E-state index in [4.69, 9.17) is 11.0 Å². The minimum Gasteiger partial charge on any atom is -0.382 e. The van der Waals surface area contributed by atoms with Gasteiger partial charge in [0.25, 0.3) is 0 Å². The molecule has 1 heterocycles. The second kappa shape index (κ2) is 4.07. The molecule has 0 amide bonds. The van der Waals surface area contributed by atoms with Gasteiger partial charge in [0.15, 0.2) is 0 Å². The fraction of sp³-hybridized carbons (Fsp3) is 0.0909. The molecule has 0 atom stereocenters. The number of benzene rings is 1. The van der Waals surface area contributed by atoms with Crippen LogP contribution in [0.5, 0.6) is 0 Å². The van der Waals surface area contributed by atoms with Crippen molar-refractivity contribution in [1.82, 2.24) is 9.78 Å². The van der Waals surface area contributed by atoms with Crippen molar-refractivity contribution in [3.8, 4) is 11.8 Å². The molecule has 1 aromatic carbocycles. The van der Waals surface area contributed by atoms with E-state index in [0.29, 0.717) is 5.69 Å². The first-order chi connectivity index (χ1) is 8.41. The normalized spacial score (nSPS) is 11.2. The molecule has 0 saturated heterocycles. The number of anilines is 1. The molecule has 0 saturated carbocycles. The molecule has 0 spiro atoms. The van der Waals surface area contributed by atoms with Crippen LogP contribution in [0, 0.1) is 11.3 Å². The molecule has 0 aliphatic carbocycles. The first-order valence-electron chi connectivity index (χ1n) is 4.84. The van der Waals surface area contributed by atoms with Crippen molar-refractivity contribution in [2.24, 2.45) is 0 Å². The number of nitrogens with two attached hydrogens (primary N) is 1. The highest BCUT2D eigenvalue weighted by Gasteiger charge is 2.33. The van der Waals surface area contributed by atoms with E-state index in [1.165, 1.54) is 29.1 Å². The summed E-state index contributed by atoms with van der Waals surface area (Å²) < 4.78 is 39.0. The van der Waals surface area contributed by atoms with Crippen LogP contribution in [-0.2, 0) is 6.18 Å². The largest absolute Gasteiger partial charge is 0.417 e. The van der Waals surface area contributed by atoms with Crippen LogP contribution in [0.1, 0.15) is 11.1 Å². The molecule has 18 heavy (non-hydrogen) atoms. The van der Waals surface area contributed by atoms with Gasteiger partial charge in [0.1, 0.15) is 5.82 Å². The Balaban J connectivity index is 2.53. The molecule has 2 aromatic rings. The molecule has 0 aliphatic heterocycles. The Morgan fingerprint density at radius 3 is 2.50 bits per heavy atom. The highest BCUT2D eigenvalue weighted by molar-refractivity contribution is 5.48. The van der Waals surface area contributed by atoms with E-state index >= 15 is 0 Å². The number of nitrogens with zero attached hydrogens (tertiary/aromatic N) is 3. The number of nitrogen functional groups attached to an aromatic ring is 1. The van der Waals surface area contributed by atoms with E-state index in [1.807, 2.05) is 0 Å². The van der Waals surface area contributed by atoms with Gasteiger partial charge < -0.3 is 5.73 Å². The third-order valence-corrected chi connectivity index (χ3v) is 2.30. The molecule has 0 unspecified atom stereocenters. The van der Waals surface area contributed by atoms with E-state index in [9.17, 15) is 13.2 Å². The van der Waals surface area contributed by atoms with Crippen LogP contribution in [-0.4, -0.2) is 9.78 Å². The third kappa shape index (κ3) is 2.13. The first-order valence-corrected chi connectivity index (χ1v) is 4.84. The minimum atomic E-state index is -4.55. The second-order valence-corrected chi connectivity index (χ2v) is 3.52. The number of hydrogen-bond acceptors (Lipinski definition) is 3. The Morgan fingerprint density at radius 2 is 2.00 bits per heavy atom. The maximum Gasteiger partial charge on any atom is 0.417 e. The van der Waals surface area contributed by atoms with Crippen LogP contribution < -0.4 is 5.73 Å². The highest BCUT2D eigenvalue weighted by Crippen LogP contribution is 2.32. The van der Waals surface area contributed by atoms with Gasteiger partial charge in [-0.3, -0.25) is 0 Å². The third-order valence-electron chi connectivity index (χ3n) is 2.30. The quantitative estimate of drug-likeness (QED) is 0.847. The number of hydrogen-bond donors (Lipinski definition) is 1. The van der Waals surface area contributed by atoms with Gasteiger partial charge in [-0.05, 0) is 18.2 Å². The first kappa shape index (κ1) is 12.0. The van der Waals surface area contributed by atoms with E-state index in [0.717, 1.165) is 12.1 Å². The Hall–Kier alpha value is -2.49. The lowest BCUT2D eigenvalue weighted by Crippen LogP contribution is -2.08. The summed E-state index contributed by atoms with van der Waals surface area (Å²) in [5.41, 5.74) is 4.34. The van der Waals surface area contributed by atoms with Crippen molar-refractivity contribution >= 4 is 5.82 Å². The lowest BCUT2D eigenvalue weighted by molar-refractivity contribution is -0.137. The van der Waals surface area contributed by atoms with Gasteiger partial charge in [-0.2, -0.15) is 23.5 Å². The summed E-state index contributed by atoms with van der Waals surface area (Å²) in [6, 6.07) is 6.24. The molecule has 0 radical (unpaired) electrons. The standard InChI is InChI=1S/C11H7F3N4/c12-11(13,14)9-2-1-8(5-7(9)6-15)18-4-3-10(16)17-18/h1-5H,(H2,16,17). The van der Waals surface area contributed by atoms with Crippen molar-refractivity contribution in [3.63, 3.8) is 0 Å². The Labute approximate surface area is 100 Å². The van der Waals surface area contributed by atoms with Gasteiger partial charge in [0.2, 0.25) is 0 Å². The number of rotatable bonds is 1. The number of halogens is 3. The summed E-state index contributed by atoms with van der Waals surface area (Å²) in [5.74, 6) is 0.244. The second-order valence-electron chi connectivity index (χ2n) is 3.52. The molecular weight excluding hydrogens is 245 g/mol. The summed E-state index contributed by atoms with van der Waals surface area (Å²) in [4.78, 5) is 0. The predicted octanol–water partition coefficient (Wildman–Crippen LogP) is 2.34. The lowest BCUT2D eigenvalue weighted by Gasteiger charge is -2.10. The van der Waals surface area contributed by atoms with Crippen LogP contribution in [0.3, 0.4) is 0 Å². The summed E-state index contributed by atoms with van der Waals surface area (Å²) >= 11 is 0. The number of alkyl halides is 3. The van der Waals surface area contributed by atoms with E-state index in [1.54, 1.807) is 0 Å². The van der Waals surface area contributed by atoms with E-state index in [2.05, 4.69) is 5.10 Å². The zero-order chi connectivity index (χ0) is 13.3. The molecule has 2 rings (SSSR count). The smallest absolute Gasteiger partial charge is 0.382 e. The van der Waals surface area contributed by atoms with Gasteiger partial charge in [-0.15, -0.1) is 0 Å². The average molecular weight is 252 g/mol. The lowest BCUT2D eigenvalue weighted by atomic mass is 10.1. The van der Waals surface area contributed by atoms with Crippen molar-refractivity contribution in [2.45, 2.75) is 6.18 Å². The molecule has 92 valence electrons. The maximum atomic E-state index is 12.6. The molecule has 0 bridgehead atoms. The molecule has 7 heteroatoms. The molecular formula is C11H7F3N4. The monoisotopic (exact) mass is 252 g/mol. The molecule has 0 aliphatic rings. The fourth-order valence-corrected chi connectivity index (χ4v) is 1.50. The highest BCUT2D eigenvalue weighted by atomic mass is 19.4. The van der Waals surface area contributed by atoms with Crippen molar-refractivity contribution in [2.75, 3.05) is 5.73 Å². The van der Waals surface area contributed by atoms with Gasteiger partial charge in [0.05, 0.1) is 22.9 Å². The van der Waals surface area contributed by atoms with Crippen molar-refractivity contribution in [1.29, 1.82) is 5.26 Å². The predicted molar refractivity (Wildman–Crippen MR) is 57.7 cm³/mol. The van der Waals surface area contributed by atoms with Crippen molar-refractivity contribution < 1.29 is 13.2 Å². The molecule has 1 aromatic heterocycles. The van der Waals surface area contributed by atoms with Gasteiger partial charge in [-0.1, -0.05) is 0 Å². The van der Waals surface area contributed by atoms with Gasteiger partial charge in [0, 0.05) is 12.3 Å². The maximum absolute atomic E-state index is 12.6. The number of aromatic nitrogens is 2. The van der Waals surface area contributed by atoms with Crippen LogP contribution in [0.25, 0.3) is 5.69 Å². The fourth-order valence-electron chi connectivity index (χ4n) is 1.50. The Kier molecular flexibility index (Phi) is 2.71. The van der Waals surface area contributed by atoms with Crippen LogP contribution in [0.4, 0.5) is 19.0 Å². The van der Waals surface area contributed by atoms with Crippen LogP contribution in [0.2, 0.25) is 0 Å². The molecule has 4 nitrogen and oxygen atoms in total. The molecule has 0 fully saturated rings. The topological polar surface area (TPSA) is 67.6 Å². The average Bonchev–Trinajstić information content (AvgIpc) is 2.74. The summed E-state index contributed by atoms with van der Waals surface area (Å²) in [6.07, 6.45) is -3.05. The summed E-state index contributed by atoms with van der Waals surface area (Å²) in [6.45, 7) is 0. The molecule has 2 N–H and O–H groups in total. The SMILES string of the molecule is N#Cc1cc(-n2ccc(N)n2)ccc1C(F)(F)F. The summed E-state index contributed by atoms with van der Waals surface area (Å²) in [7, 11) is 0. The van der Waals surface area contributed by atoms with E-state index in [-0.39, 0.29) is 5.82 Å².